The van der Waals surface area contributed by atoms with Crippen LogP contribution in [0.15, 0.2) is 6.33 Å². The third kappa shape index (κ3) is 8.41. The third-order valence-corrected chi connectivity index (χ3v) is 8.61. The lowest BCUT2D eigenvalue weighted by molar-refractivity contribution is -0.149. The average molecular weight is 662 g/mol. The Labute approximate surface area is 256 Å². The Morgan fingerprint density at radius 2 is 1.56 bits per heavy atom. The van der Waals surface area contributed by atoms with E-state index in [1.165, 1.54) is 18.0 Å². The molecular weight excluding hydrogens is 625 g/mol. The molecule has 2 aromatic rings. The molecule has 0 saturated carbocycles. The minimum Gasteiger partial charge on any atom is -0.479 e. The van der Waals surface area contributed by atoms with Crippen LogP contribution in [0.2, 0.25) is 0 Å². The first-order valence-corrected chi connectivity index (χ1v) is 14.9. The number of imidazole rings is 1. The van der Waals surface area contributed by atoms with Gasteiger partial charge in [-0.15, -0.1) is 0 Å². The van der Waals surface area contributed by atoms with Crippen LogP contribution in [0.5, 0.6) is 5.88 Å². The van der Waals surface area contributed by atoms with Crippen LogP contribution >= 0.6 is 7.67 Å². The number of carbonyl (C=O) groups is 4. The molecule has 5 N–H and O–H groups in total. The molecule has 0 amide bonds. The molecule has 2 aromatic heterocycles. The Hall–Kier alpha value is -3.94. The molecular formula is C24H36N7O13P. The fourth-order valence-corrected chi connectivity index (χ4v) is 6.23. The Bertz CT molecular complexity index is 1400. The second kappa shape index (κ2) is 15.4. The number of ether oxygens (including phenoxy) is 6. The molecule has 6 atom stereocenters. The van der Waals surface area contributed by atoms with Gasteiger partial charge in [0.05, 0.1) is 67.4 Å². The fraction of sp³-hybridized carbons (Fsp3) is 0.625. The number of hydrogen-bond acceptors (Lipinski definition) is 17. The zero-order valence-corrected chi connectivity index (χ0v) is 26.2. The Morgan fingerprint density at radius 3 is 2.04 bits per heavy atom. The van der Waals surface area contributed by atoms with E-state index in [9.17, 15) is 28.8 Å². The summed E-state index contributed by atoms with van der Waals surface area (Å²) in [5, 5.41) is 15.8. The van der Waals surface area contributed by atoms with Gasteiger partial charge in [0.25, 0.3) is 0 Å². The first-order valence-electron chi connectivity index (χ1n) is 13.3. The minimum atomic E-state index is -4.62. The van der Waals surface area contributed by atoms with E-state index in [0.29, 0.717) is 0 Å². The number of nitrogens with one attached hydrogen (secondary N) is 2. The van der Waals surface area contributed by atoms with E-state index in [1.54, 1.807) is 6.92 Å². The lowest BCUT2D eigenvalue weighted by atomic mass is 10.0. The monoisotopic (exact) mass is 661 g/mol. The zero-order valence-electron chi connectivity index (χ0n) is 25.3. The van der Waals surface area contributed by atoms with Gasteiger partial charge >= 0.3 is 31.5 Å². The number of hydrogen-bond donors (Lipinski definition) is 4. The number of aliphatic hydroxyl groups is 1. The first kappa shape index (κ1) is 35.5. The van der Waals surface area contributed by atoms with E-state index in [0.717, 1.165) is 28.4 Å². The number of rotatable bonds is 15. The van der Waals surface area contributed by atoms with Gasteiger partial charge in [0.2, 0.25) is 11.8 Å². The molecule has 0 spiro atoms. The molecule has 250 valence electrons. The van der Waals surface area contributed by atoms with Gasteiger partial charge in [-0.25, -0.2) is 15.2 Å². The van der Waals surface area contributed by atoms with Crippen molar-refractivity contribution in [3.63, 3.8) is 0 Å². The number of nitrogens with zero attached hydrogens (tertiary/aromatic N) is 4. The van der Waals surface area contributed by atoms with Crippen LogP contribution in [0.1, 0.15) is 26.0 Å². The van der Waals surface area contributed by atoms with E-state index in [4.69, 9.17) is 29.2 Å². The molecule has 1 aliphatic rings. The number of methoxy groups -OCH3 is 5. The molecule has 0 aromatic carbocycles. The van der Waals surface area contributed by atoms with Crippen LogP contribution in [0.25, 0.3) is 11.2 Å². The maximum absolute atomic E-state index is 14.2. The van der Waals surface area contributed by atoms with Crippen molar-refractivity contribution < 1.29 is 61.8 Å². The molecule has 3 rings (SSSR count). The summed E-state index contributed by atoms with van der Waals surface area (Å²) in [5.74, 6) is -4.37. The summed E-state index contributed by atoms with van der Waals surface area (Å²) >= 11 is 0. The second-order valence-electron chi connectivity index (χ2n) is 9.65. The van der Waals surface area contributed by atoms with Crippen molar-refractivity contribution in [1.82, 2.24) is 29.7 Å². The predicted octanol–water partition coefficient (Wildman–Crippen LogP) is -1.18. The number of carbonyl (C=O) groups excluding carboxylic acids is 4. The summed E-state index contributed by atoms with van der Waals surface area (Å²) < 4.78 is 51.2. The van der Waals surface area contributed by atoms with Crippen molar-refractivity contribution in [3.05, 3.63) is 6.33 Å². The van der Waals surface area contributed by atoms with Crippen molar-refractivity contribution in [1.29, 1.82) is 0 Å². The molecule has 0 aliphatic carbocycles. The van der Waals surface area contributed by atoms with Gasteiger partial charge in [0.15, 0.2) is 11.2 Å². The molecule has 1 saturated heterocycles. The average Bonchev–Trinajstić information content (AvgIpc) is 3.57. The number of nitrogens with two attached hydrogens (primary N) is 1. The van der Waals surface area contributed by atoms with E-state index < -0.39 is 87.4 Å². The van der Waals surface area contributed by atoms with Crippen molar-refractivity contribution in [2.45, 2.75) is 50.3 Å². The van der Waals surface area contributed by atoms with E-state index in [2.05, 4.69) is 34.6 Å². The topological polar surface area (TPSA) is 264 Å². The summed E-state index contributed by atoms with van der Waals surface area (Å²) in [5.41, 5.74) is 6.35. The largest absolute Gasteiger partial charge is 0.479 e. The maximum atomic E-state index is 14.2. The molecule has 0 bridgehead atoms. The van der Waals surface area contributed by atoms with Crippen LogP contribution in [0.3, 0.4) is 0 Å². The van der Waals surface area contributed by atoms with Gasteiger partial charge in [-0.2, -0.15) is 9.97 Å². The van der Waals surface area contributed by atoms with Gasteiger partial charge in [0, 0.05) is 5.92 Å². The highest BCUT2D eigenvalue weighted by molar-refractivity contribution is 7.54. The smallest absolute Gasteiger partial charge is 0.342 e. The van der Waals surface area contributed by atoms with E-state index in [-0.39, 0.29) is 23.0 Å². The molecule has 3 heterocycles. The quantitative estimate of drug-likeness (QED) is 0.0994. The van der Waals surface area contributed by atoms with E-state index in [1.807, 2.05) is 0 Å². The maximum Gasteiger partial charge on any atom is 0.342 e. The molecule has 21 heteroatoms. The summed E-state index contributed by atoms with van der Waals surface area (Å²) in [6.45, 7) is 1.08. The fourth-order valence-electron chi connectivity index (χ4n) is 4.43. The molecule has 20 nitrogen and oxygen atoms in total. The Balaban J connectivity index is 1.91. The van der Waals surface area contributed by atoms with Gasteiger partial charge < -0.3 is 43.8 Å². The van der Waals surface area contributed by atoms with Crippen LogP contribution in [-0.4, -0.2) is 115 Å². The number of aromatic nitrogens is 4. The minimum absolute atomic E-state index is 0.0931. The van der Waals surface area contributed by atoms with Crippen molar-refractivity contribution >= 4 is 48.7 Å². The van der Waals surface area contributed by atoms with Gasteiger partial charge in [-0.1, -0.05) is 6.92 Å². The zero-order chi connectivity index (χ0) is 33.5. The summed E-state index contributed by atoms with van der Waals surface area (Å²) in [6.07, 6.45) is -3.13. The Morgan fingerprint density at radius 1 is 1.00 bits per heavy atom. The van der Waals surface area contributed by atoms with Gasteiger partial charge in [-0.3, -0.25) is 28.3 Å². The standard InChI is InChI=1S/C24H36N7O13P/c1-11-18(34)14(44-21(11)31-10-26-17-19(31)27-24(25)28-20(17)40-4)9-43-45(37,29-12(22(35)41-5)7-15(32)38-2)30-13(23(36)42-6)8-16(33)39-3/h10-14,18,21,34H,7-9H2,1-6H3,(H2,25,27,28)(H2,29,30,37). The second-order valence-corrected chi connectivity index (χ2v) is 11.5. The lowest BCUT2D eigenvalue weighted by Crippen LogP contribution is -2.46. The third-order valence-electron chi connectivity index (χ3n) is 6.80. The number of aliphatic hydroxyl groups excluding tert-OH is 1. The molecule has 0 radical (unpaired) electrons. The Kier molecular flexibility index (Phi) is 12.1. The highest BCUT2D eigenvalue weighted by atomic mass is 31.2. The normalized spacial score (nSPS) is 22.2. The predicted molar refractivity (Wildman–Crippen MR) is 150 cm³/mol. The molecule has 1 fully saturated rings. The van der Waals surface area contributed by atoms with E-state index >= 15 is 0 Å². The van der Waals surface area contributed by atoms with Crippen molar-refractivity contribution in [2.75, 3.05) is 47.9 Å². The highest BCUT2D eigenvalue weighted by Gasteiger charge is 2.45. The first-order chi connectivity index (χ1) is 21.3. The van der Waals surface area contributed by atoms with Crippen LogP contribution in [0.4, 0.5) is 5.95 Å². The summed E-state index contributed by atoms with van der Waals surface area (Å²) in [7, 11) is 0.977. The van der Waals surface area contributed by atoms with Crippen LogP contribution in [-0.2, 0) is 52.0 Å². The number of anilines is 1. The van der Waals surface area contributed by atoms with Crippen molar-refractivity contribution in [3.8, 4) is 5.88 Å². The van der Waals surface area contributed by atoms with Crippen LogP contribution in [0, 0.1) is 5.92 Å². The number of fused-ring (bicyclic) bond motifs is 1. The number of esters is 4. The summed E-state index contributed by atoms with van der Waals surface area (Å²) in [6, 6.07) is -3.20. The van der Waals surface area contributed by atoms with Gasteiger partial charge in [-0.05, 0) is 0 Å². The number of nitrogen functional groups attached to an aromatic ring is 1. The summed E-state index contributed by atoms with van der Waals surface area (Å²) in [4.78, 5) is 61.4. The SMILES string of the molecule is COC(=O)CC(NP(=O)(NC(CC(=O)OC)C(=O)OC)OCC1OC(n2cnc3c(OC)nc(N)nc32)C(C)C1O)C(=O)OC. The molecule has 45 heavy (non-hydrogen) atoms. The molecule has 6 unspecified atom stereocenters. The van der Waals surface area contributed by atoms with Crippen LogP contribution < -0.4 is 20.6 Å². The lowest BCUT2D eigenvalue weighted by Gasteiger charge is -2.28. The van der Waals surface area contributed by atoms with Gasteiger partial charge in [0.1, 0.15) is 24.4 Å². The molecule has 1 aliphatic heterocycles. The highest BCUT2D eigenvalue weighted by Crippen LogP contribution is 2.43. The van der Waals surface area contributed by atoms with Crippen molar-refractivity contribution in [2.24, 2.45) is 5.92 Å².